The van der Waals surface area contributed by atoms with E-state index in [0.29, 0.717) is 28.6 Å². The molecule has 0 aromatic rings. The van der Waals surface area contributed by atoms with E-state index in [9.17, 15) is 5.11 Å². The third-order valence-corrected chi connectivity index (χ3v) is 11.3. The minimum Gasteiger partial charge on any atom is -0.393 e. The summed E-state index contributed by atoms with van der Waals surface area (Å²) >= 11 is 0. The largest absolute Gasteiger partial charge is 0.393 e. The SMILES string of the molecule is C/C=C(/CC[C@@H](C)[C@H]1CC[C@H]2C3=CCC4C(C)[C@@H](O)CC[C@]4(C)[C@H]3CC[C@]12C)C(C)C. The number of hydrogen-bond donors (Lipinski definition) is 1. The Morgan fingerprint density at radius 3 is 2.42 bits per heavy atom. The van der Waals surface area contributed by atoms with Gasteiger partial charge in [0.05, 0.1) is 6.10 Å². The van der Waals surface area contributed by atoms with Crippen molar-refractivity contribution >= 4 is 0 Å². The van der Waals surface area contributed by atoms with Gasteiger partial charge in [-0.3, -0.25) is 0 Å². The molecule has 4 aliphatic carbocycles. The van der Waals surface area contributed by atoms with Crippen LogP contribution in [0.3, 0.4) is 0 Å². The average Bonchev–Trinajstić information content (AvgIpc) is 3.08. The molecule has 31 heavy (non-hydrogen) atoms. The molecule has 0 heterocycles. The topological polar surface area (TPSA) is 20.2 Å². The second-order valence-electron chi connectivity index (χ2n) is 12.9. The molecular formula is C30H50O. The first kappa shape index (κ1) is 23.6. The summed E-state index contributed by atoms with van der Waals surface area (Å²) < 4.78 is 0. The fraction of sp³-hybridized carbons (Fsp3) is 0.867. The minimum atomic E-state index is -0.0773. The van der Waals surface area contributed by atoms with Crippen LogP contribution >= 0.6 is 0 Å². The van der Waals surface area contributed by atoms with Gasteiger partial charge in [-0.2, -0.15) is 0 Å². The first-order valence-corrected chi connectivity index (χ1v) is 13.7. The predicted molar refractivity (Wildman–Crippen MR) is 133 cm³/mol. The number of allylic oxidation sites excluding steroid dienone is 4. The van der Waals surface area contributed by atoms with E-state index in [1.165, 1.54) is 51.4 Å². The lowest BCUT2D eigenvalue weighted by atomic mass is 9.46. The summed E-state index contributed by atoms with van der Waals surface area (Å²) in [5.74, 6) is 5.16. The van der Waals surface area contributed by atoms with Crippen LogP contribution in [0, 0.1) is 52.3 Å². The highest BCUT2D eigenvalue weighted by atomic mass is 16.3. The fourth-order valence-corrected chi connectivity index (χ4v) is 9.28. The zero-order valence-electron chi connectivity index (χ0n) is 21.6. The van der Waals surface area contributed by atoms with Gasteiger partial charge in [0.15, 0.2) is 0 Å². The van der Waals surface area contributed by atoms with Gasteiger partial charge in [-0.15, -0.1) is 0 Å². The van der Waals surface area contributed by atoms with E-state index in [0.717, 1.165) is 30.1 Å². The summed E-state index contributed by atoms with van der Waals surface area (Å²) in [5, 5.41) is 10.5. The van der Waals surface area contributed by atoms with E-state index >= 15 is 0 Å². The fourth-order valence-electron chi connectivity index (χ4n) is 9.28. The van der Waals surface area contributed by atoms with E-state index in [1.54, 1.807) is 5.57 Å². The smallest absolute Gasteiger partial charge is 0.0568 e. The average molecular weight is 427 g/mol. The van der Waals surface area contributed by atoms with Crippen molar-refractivity contribution in [1.82, 2.24) is 0 Å². The zero-order chi connectivity index (χ0) is 22.6. The minimum absolute atomic E-state index is 0.0773. The van der Waals surface area contributed by atoms with E-state index in [2.05, 4.69) is 60.6 Å². The molecule has 2 unspecified atom stereocenters. The third-order valence-electron chi connectivity index (χ3n) is 11.3. The molecule has 0 bridgehead atoms. The molecule has 0 saturated heterocycles. The second kappa shape index (κ2) is 8.66. The lowest BCUT2D eigenvalue weighted by Gasteiger charge is -2.59. The van der Waals surface area contributed by atoms with Gasteiger partial charge in [0.2, 0.25) is 0 Å². The second-order valence-corrected chi connectivity index (χ2v) is 12.9. The molecule has 0 amide bonds. The maximum absolute atomic E-state index is 10.5. The molecule has 1 heteroatoms. The van der Waals surface area contributed by atoms with E-state index in [1.807, 2.05) is 5.57 Å². The van der Waals surface area contributed by atoms with Crippen LogP contribution < -0.4 is 0 Å². The Morgan fingerprint density at radius 1 is 1.06 bits per heavy atom. The molecule has 9 atom stereocenters. The van der Waals surface area contributed by atoms with E-state index in [4.69, 9.17) is 0 Å². The monoisotopic (exact) mass is 426 g/mol. The Labute approximate surface area is 193 Å². The quantitative estimate of drug-likeness (QED) is 0.439. The summed E-state index contributed by atoms with van der Waals surface area (Å²) in [4.78, 5) is 0. The van der Waals surface area contributed by atoms with Gasteiger partial charge in [-0.1, -0.05) is 64.8 Å². The molecule has 0 radical (unpaired) electrons. The van der Waals surface area contributed by atoms with E-state index < -0.39 is 0 Å². The van der Waals surface area contributed by atoms with Crippen LogP contribution in [-0.4, -0.2) is 11.2 Å². The molecule has 176 valence electrons. The first-order chi connectivity index (χ1) is 14.6. The molecule has 0 spiro atoms. The number of aliphatic hydroxyl groups is 1. The molecule has 0 aromatic carbocycles. The number of hydrogen-bond acceptors (Lipinski definition) is 1. The van der Waals surface area contributed by atoms with Crippen molar-refractivity contribution < 1.29 is 5.11 Å². The molecule has 1 N–H and O–H groups in total. The van der Waals surface area contributed by atoms with Gasteiger partial charge in [0, 0.05) is 0 Å². The molecule has 3 saturated carbocycles. The lowest BCUT2D eigenvalue weighted by Crippen LogP contribution is -2.52. The van der Waals surface area contributed by atoms with Gasteiger partial charge in [0.1, 0.15) is 0 Å². The summed E-state index contributed by atoms with van der Waals surface area (Å²) in [5.41, 5.74) is 4.45. The van der Waals surface area contributed by atoms with Crippen LogP contribution in [0.2, 0.25) is 0 Å². The van der Waals surface area contributed by atoms with Crippen LogP contribution in [0.15, 0.2) is 23.3 Å². The Hall–Kier alpha value is -0.560. The molecule has 0 aliphatic heterocycles. The molecule has 4 rings (SSSR count). The third kappa shape index (κ3) is 3.79. The van der Waals surface area contributed by atoms with Crippen molar-refractivity contribution in [2.75, 3.05) is 0 Å². The van der Waals surface area contributed by atoms with Crippen LogP contribution in [0.5, 0.6) is 0 Å². The molecule has 4 aliphatic rings. The van der Waals surface area contributed by atoms with Gasteiger partial charge < -0.3 is 5.11 Å². The van der Waals surface area contributed by atoms with E-state index in [-0.39, 0.29) is 6.10 Å². The Balaban J connectivity index is 1.51. The lowest BCUT2D eigenvalue weighted by molar-refractivity contribution is -0.0773. The zero-order valence-corrected chi connectivity index (χ0v) is 21.6. The maximum atomic E-state index is 10.5. The van der Waals surface area contributed by atoms with Crippen molar-refractivity contribution in [3.8, 4) is 0 Å². The first-order valence-electron chi connectivity index (χ1n) is 13.7. The van der Waals surface area contributed by atoms with Crippen LogP contribution in [0.1, 0.15) is 106 Å². The maximum Gasteiger partial charge on any atom is 0.0568 e. The Morgan fingerprint density at radius 2 is 1.74 bits per heavy atom. The van der Waals surface area contributed by atoms with Gasteiger partial charge in [-0.05, 0) is 117 Å². The van der Waals surface area contributed by atoms with Crippen molar-refractivity contribution in [2.24, 2.45) is 52.3 Å². The van der Waals surface area contributed by atoms with Crippen molar-refractivity contribution in [3.63, 3.8) is 0 Å². The van der Waals surface area contributed by atoms with Crippen LogP contribution in [0.4, 0.5) is 0 Å². The molecular weight excluding hydrogens is 376 g/mol. The van der Waals surface area contributed by atoms with Gasteiger partial charge in [0.25, 0.3) is 0 Å². The molecule has 1 nitrogen and oxygen atoms in total. The van der Waals surface area contributed by atoms with Crippen molar-refractivity contribution in [3.05, 3.63) is 23.3 Å². The normalized spacial score (nSPS) is 46.2. The molecule has 0 aromatic heterocycles. The number of fused-ring (bicyclic) bond motifs is 5. The highest BCUT2D eigenvalue weighted by Crippen LogP contribution is 2.67. The Kier molecular flexibility index (Phi) is 6.59. The Bertz CT molecular complexity index is 716. The predicted octanol–water partition coefficient (Wildman–Crippen LogP) is 8.19. The van der Waals surface area contributed by atoms with Gasteiger partial charge in [-0.25, -0.2) is 0 Å². The van der Waals surface area contributed by atoms with Gasteiger partial charge >= 0.3 is 0 Å². The number of aliphatic hydroxyl groups excluding tert-OH is 1. The summed E-state index contributed by atoms with van der Waals surface area (Å²) in [6, 6.07) is 0. The standard InChI is InChI=1S/C30H50O/c1-8-22(19(2)3)10-9-20(4)24-13-14-26-23-11-12-25-21(5)28(31)16-18-30(25,7)27(23)15-17-29(24,26)6/h8,11,19-21,24-28,31H,9-10,12-18H2,1-7H3/b22-8-/t20-,21?,24-,25?,26+,27+,28+,29-,30+/m1/s1. The van der Waals surface area contributed by atoms with Crippen LogP contribution in [0.25, 0.3) is 0 Å². The highest BCUT2D eigenvalue weighted by Gasteiger charge is 2.59. The summed E-state index contributed by atoms with van der Waals surface area (Å²) in [6.07, 6.45) is 16.8. The van der Waals surface area contributed by atoms with Crippen molar-refractivity contribution in [1.29, 1.82) is 0 Å². The highest BCUT2D eigenvalue weighted by molar-refractivity contribution is 5.28. The number of rotatable bonds is 5. The van der Waals surface area contributed by atoms with Crippen molar-refractivity contribution in [2.45, 2.75) is 112 Å². The van der Waals surface area contributed by atoms with Crippen LogP contribution in [-0.2, 0) is 0 Å². The summed E-state index contributed by atoms with van der Waals surface area (Å²) in [6.45, 7) is 17.1. The molecule has 3 fully saturated rings. The summed E-state index contributed by atoms with van der Waals surface area (Å²) in [7, 11) is 0.